The van der Waals surface area contributed by atoms with Crippen LogP contribution in [0.4, 0.5) is 0 Å². The van der Waals surface area contributed by atoms with Crippen molar-refractivity contribution in [1.29, 1.82) is 0 Å². The predicted molar refractivity (Wildman–Crippen MR) is 126 cm³/mol. The van der Waals surface area contributed by atoms with Crippen molar-refractivity contribution in [1.82, 2.24) is 4.98 Å². The average molecular weight is 493 g/mol. The van der Waals surface area contributed by atoms with Crippen LogP contribution < -0.4 is 4.74 Å². The Kier molecular flexibility index (Phi) is 9.06. The minimum atomic E-state index is -1.51. The molecule has 0 radical (unpaired) electrons. The molecule has 0 bridgehead atoms. The number of rotatable bonds is 12. The summed E-state index contributed by atoms with van der Waals surface area (Å²) in [4.78, 5) is 28.4. The summed E-state index contributed by atoms with van der Waals surface area (Å²) in [5.41, 5.74) is 3.05. The van der Waals surface area contributed by atoms with Gasteiger partial charge in [0, 0.05) is 0 Å². The number of hydrogen-bond donors (Lipinski definition) is 1. The Labute approximate surface area is 193 Å². The number of hydrogen-bond acceptors (Lipinski definition) is 4. The van der Waals surface area contributed by atoms with Crippen LogP contribution in [0.25, 0.3) is 0 Å². The Morgan fingerprint density at radius 3 is 2.41 bits per heavy atom. The van der Waals surface area contributed by atoms with Gasteiger partial charge >= 0.3 is 178 Å². The minimum absolute atomic E-state index is 0.195. The molecule has 0 amide bonds. The molecule has 1 unspecified atom stereocenters. The van der Waals surface area contributed by atoms with Crippen LogP contribution in [-0.2, 0) is 24.2 Å². The molecule has 0 fully saturated rings. The fourth-order valence-corrected chi connectivity index (χ4v) is 7.30. The van der Waals surface area contributed by atoms with Gasteiger partial charge < -0.3 is 5.11 Å². The van der Waals surface area contributed by atoms with Gasteiger partial charge in [-0.2, -0.15) is 0 Å². The summed E-state index contributed by atoms with van der Waals surface area (Å²) >= 11 is -1.51. The first-order valence-corrected chi connectivity index (χ1v) is 14.4. The quantitative estimate of drug-likeness (QED) is 0.353. The Morgan fingerprint density at radius 2 is 1.72 bits per heavy atom. The van der Waals surface area contributed by atoms with Crippen molar-refractivity contribution < 1.29 is 19.4 Å². The van der Waals surface area contributed by atoms with E-state index in [4.69, 9.17) is 4.74 Å². The normalized spacial score (nSPS) is 11.7. The number of aromatic nitrogens is 1. The van der Waals surface area contributed by atoms with E-state index in [9.17, 15) is 14.7 Å². The molecule has 0 aliphatic rings. The topological polar surface area (TPSA) is 76.5 Å². The van der Waals surface area contributed by atoms with Crippen molar-refractivity contribution in [2.24, 2.45) is 0 Å². The molecule has 1 heterocycles. The van der Waals surface area contributed by atoms with Crippen LogP contribution in [0, 0.1) is 0 Å². The van der Waals surface area contributed by atoms with Crippen LogP contribution in [0.2, 0.25) is 10.4 Å². The van der Waals surface area contributed by atoms with Crippen molar-refractivity contribution in [3.8, 4) is 5.75 Å². The summed E-state index contributed by atoms with van der Waals surface area (Å²) in [6, 6.07) is 20.5. The van der Waals surface area contributed by atoms with Crippen LogP contribution in [-0.4, -0.2) is 35.3 Å². The summed E-state index contributed by atoms with van der Waals surface area (Å²) in [5.74, 6) is -0.282. The molecule has 6 heteroatoms. The van der Waals surface area contributed by atoms with Gasteiger partial charge in [-0.05, 0) is 0 Å². The second-order valence-electron chi connectivity index (χ2n) is 7.44. The molecule has 32 heavy (non-hydrogen) atoms. The van der Waals surface area contributed by atoms with Gasteiger partial charge in [-0.3, -0.25) is 0 Å². The summed E-state index contributed by atoms with van der Waals surface area (Å²) < 4.78 is 6.21. The van der Waals surface area contributed by atoms with E-state index in [0.29, 0.717) is 22.3 Å². The number of carbonyl (C=O) groups is 2. The molecule has 166 valence electrons. The first-order valence-electron chi connectivity index (χ1n) is 10.8. The standard InChI is InChI=1S/C26H28AsNO4/c1-2-27(17-16-22-8-5-6-18-28-22)25(29)15-12-20-10-13-23(14-11-20)32-19-21-7-3-4-9-24(21)26(30)31/h3-11,13-14,18H,2,12,15-17,19H2,1H3,(H,30,31). The molecule has 1 atom stereocenters. The molecule has 0 saturated carbocycles. The van der Waals surface area contributed by atoms with Crippen LogP contribution in [0.5, 0.6) is 5.75 Å². The van der Waals surface area contributed by atoms with Gasteiger partial charge in [-0.1, -0.05) is 6.07 Å². The van der Waals surface area contributed by atoms with Gasteiger partial charge in [-0.15, -0.1) is 0 Å². The Balaban J connectivity index is 1.47. The molecule has 0 spiro atoms. The van der Waals surface area contributed by atoms with Crippen molar-refractivity contribution in [3.05, 3.63) is 95.3 Å². The third-order valence-corrected chi connectivity index (χ3v) is 10.4. The number of ether oxygens (including phenoxy) is 1. The molecule has 2 aromatic carbocycles. The number of carbonyl (C=O) groups excluding carboxylic acids is 1. The molecule has 3 rings (SSSR count). The summed E-state index contributed by atoms with van der Waals surface area (Å²) in [5, 5.41) is 11.2. The van der Waals surface area contributed by atoms with Gasteiger partial charge in [0.05, 0.1) is 0 Å². The zero-order chi connectivity index (χ0) is 22.8. The molecule has 0 aliphatic carbocycles. The van der Waals surface area contributed by atoms with Gasteiger partial charge in [0.1, 0.15) is 0 Å². The van der Waals surface area contributed by atoms with Crippen LogP contribution in [0.1, 0.15) is 40.5 Å². The predicted octanol–water partition coefficient (Wildman–Crippen LogP) is 5.16. The van der Waals surface area contributed by atoms with Crippen LogP contribution in [0.3, 0.4) is 0 Å². The van der Waals surface area contributed by atoms with Gasteiger partial charge in [0.25, 0.3) is 0 Å². The Bertz CT molecular complexity index is 1020. The van der Waals surface area contributed by atoms with Crippen LogP contribution in [0.15, 0.2) is 72.9 Å². The Morgan fingerprint density at radius 1 is 0.969 bits per heavy atom. The third kappa shape index (κ3) is 7.06. The van der Waals surface area contributed by atoms with Crippen LogP contribution >= 0.6 is 0 Å². The van der Waals surface area contributed by atoms with E-state index >= 15 is 0 Å². The van der Waals surface area contributed by atoms with Crippen molar-refractivity contribution in [2.75, 3.05) is 0 Å². The Hall–Kier alpha value is -2.91. The number of aryl methyl sites for hydroxylation is 2. The van der Waals surface area contributed by atoms with Gasteiger partial charge in [0.15, 0.2) is 0 Å². The number of aromatic carboxylic acids is 1. The average Bonchev–Trinajstić information content (AvgIpc) is 2.83. The fraction of sp³-hybridized carbons (Fsp3) is 0.269. The summed E-state index contributed by atoms with van der Waals surface area (Å²) in [6.07, 6.45) is 4.01. The molecular formula is C26H28AsNO4. The second kappa shape index (κ2) is 12.2. The number of nitrogens with zero attached hydrogens (tertiary/aromatic N) is 1. The van der Waals surface area contributed by atoms with Gasteiger partial charge in [0.2, 0.25) is 0 Å². The molecule has 0 saturated heterocycles. The molecule has 1 aromatic heterocycles. The van der Waals surface area contributed by atoms with E-state index < -0.39 is 20.6 Å². The van der Waals surface area contributed by atoms with E-state index in [1.807, 2.05) is 42.5 Å². The molecule has 1 N–H and O–H groups in total. The van der Waals surface area contributed by atoms with E-state index in [1.54, 1.807) is 30.5 Å². The maximum atomic E-state index is 12.8. The molecule has 3 aromatic rings. The van der Waals surface area contributed by atoms with Crippen molar-refractivity contribution in [2.45, 2.75) is 43.2 Å². The summed E-state index contributed by atoms with van der Waals surface area (Å²) in [7, 11) is 0. The first kappa shape index (κ1) is 23.7. The van der Waals surface area contributed by atoms with E-state index in [-0.39, 0.29) is 12.2 Å². The number of carboxylic acid groups (broad SMARTS) is 1. The second-order valence-corrected chi connectivity index (χ2v) is 13.0. The zero-order valence-corrected chi connectivity index (χ0v) is 20.1. The van der Waals surface area contributed by atoms with Crippen molar-refractivity contribution in [3.63, 3.8) is 0 Å². The maximum absolute atomic E-state index is 12.8. The zero-order valence-electron chi connectivity index (χ0n) is 18.2. The number of pyridine rings is 1. The molecule has 0 aliphatic heterocycles. The van der Waals surface area contributed by atoms with Crippen molar-refractivity contribution >= 4 is 25.2 Å². The molecule has 5 nitrogen and oxygen atoms in total. The van der Waals surface area contributed by atoms with Gasteiger partial charge in [-0.25, -0.2) is 4.79 Å². The molecular weight excluding hydrogens is 465 g/mol. The number of benzene rings is 2. The van der Waals surface area contributed by atoms with E-state index in [2.05, 4.69) is 11.9 Å². The van der Waals surface area contributed by atoms with E-state index in [0.717, 1.165) is 34.5 Å². The monoisotopic (exact) mass is 493 g/mol. The fourth-order valence-electron chi connectivity index (χ4n) is 3.43. The SMILES string of the molecule is CC[As](CCc1ccccn1)C(=O)CCc1ccc(OCc2ccccc2C(=O)O)cc1. The van der Waals surface area contributed by atoms with E-state index in [1.165, 1.54) is 0 Å². The third-order valence-electron chi connectivity index (χ3n) is 5.29. The summed E-state index contributed by atoms with van der Waals surface area (Å²) in [6.45, 7) is 2.32. The number of carboxylic acids is 1. The first-order chi connectivity index (χ1) is 15.6.